The molecule has 3 fully saturated rings. The Bertz CT molecular complexity index is 2280. The number of hydrogen-bond donors (Lipinski definition) is 2. The number of piperidine rings is 1. The van der Waals surface area contributed by atoms with Gasteiger partial charge in [-0.25, -0.2) is 0 Å². The van der Waals surface area contributed by atoms with E-state index in [1.54, 1.807) is 34.4 Å². The highest BCUT2D eigenvalue weighted by Gasteiger charge is 2.51. The number of nitrogens with one attached hydrogen (secondary N) is 1. The second-order valence-corrected chi connectivity index (χ2v) is 16.8. The van der Waals surface area contributed by atoms with Gasteiger partial charge in [0.1, 0.15) is 42.3 Å². The fourth-order valence-electron chi connectivity index (χ4n) is 8.22. The van der Waals surface area contributed by atoms with Gasteiger partial charge in [-0.3, -0.25) is 29.5 Å². The van der Waals surface area contributed by atoms with E-state index in [2.05, 4.69) is 43.2 Å². The summed E-state index contributed by atoms with van der Waals surface area (Å²) in [6, 6.07) is 26.1. The summed E-state index contributed by atoms with van der Waals surface area (Å²) in [5.41, 5.74) is 2.83. The summed E-state index contributed by atoms with van der Waals surface area (Å²) in [5.74, 6) is 2.35. The van der Waals surface area contributed by atoms with Crippen LogP contribution in [-0.4, -0.2) is 96.1 Å². The number of likely N-dealkylation sites (tertiary alicyclic amines) is 2. The quantitative estimate of drug-likeness (QED) is 0.133. The number of ether oxygens (including phenoxy) is 3. The first-order chi connectivity index (χ1) is 26.7. The van der Waals surface area contributed by atoms with E-state index in [9.17, 15) is 19.5 Å². The number of nitrogens with zero attached hydrogens (tertiary/aromatic N) is 3. The van der Waals surface area contributed by atoms with Crippen molar-refractivity contribution >= 4 is 55.1 Å². The van der Waals surface area contributed by atoms with E-state index in [0.29, 0.717) is 48.7 Å². The monoisotopic (exact) mass is 822 g/mol. The number of imide groups is 1. The Morgan fingerprint density at radius 1 is 0.818 bits per heavy atom. The zero-order valence-corrected chi connectivity index (χ0v) is 32.4. The second kappa shape index (κ2) is 14.6. The van der Waals surface area contributed by atoms with Crippen molar-refractivity contribution in [3.8, 4) is 39.2 Å². The molecule has 5 aromatic rings. The molecular weight excluding hydrogens is 784 g/mol. The van der Waals surface area contributed by atoms with Gasteiger partial charge in [0, 0.05) is 77.8 Å². The van der Waals surface area contributed by atoms with Gasteiger partial charge in [0.2, 0.25) is 11.8 Å². The molecule has 1 spiro atoms. The minimum Gasteiger partial charge on any atom is -0.508 e. The van der Waals surface area contributed by atoms with Crippen molar-refractivity contribution in [2.45, 2.75) is 25.4 Å². The molecule has 4 aliphatic heterocycles. The summed E-state index contributed by atoms with van der Waals surface area (Å²) in [6.45, 7) is 7.45. The lowest BCUT2D eigenvalue weighted by molar-refractivity contribution is -0.136. The molecule has 13 heteroatoms. The van der Waals surface area contributed by atoms with Gasteiger partial charge in [0.25, 0.3) is 5.91 Å². The summed E-state index contributed by atoms with van der Waals surface area (Å²) in [5, 5.41) is 13.4. The molecule has 0 radical (unpaired) electrons. The Labute approximate surface area is 330 Å². The van der Waals surface area contributed by atoms with E-state index >= 15 is 0 Å². The van der Waals surface area contributed by atoms with E-state index in [0.717, 1.165) is 81.3 Å². The number of aromatic hydroxyl groups is 1. The summed E-state index contributed by atoms with van der Waals surface area (Å²) in [7, 11) is 0. The zero-order chi connectivity index (χ0) is 37.7. The summed E-state index contributed by atoms with van der Waals surface area (Å²) >= 11 is 5.11. The lowest BCUT2D eigenvalue weighted by Gasteiger charge is -2.60. The van der Waals surface area contributed by atoms with Crippen molar-refractivity contribution in [3.63, 3.8) is 0 Å². The van der Waals surface area contributed by atoms with Crippen molar-refractivity contribution in [3.05, 3.63) is 101 Å². The van der Waals surface area contributed by atoms with E-state index in [1.807, 2.05) is 54.6 Å². The first-order valence-electron chi connectivity index (χ1n) is 18.5. The molecule has 4 aliphatic rings. The van der Waals surface area contributed by atoms with Crippen LogP contribution in [-0.2, 0) is 16.1 Å². The van der Waals surface area contributed by atoms with Gasteiger partial charge in [0.05, 0.1) is 4.88 Å². The van der Waals surface area contributed by atoms with Gasteiger partial charge in [-0.1, -0.05) is 28.1 Å². The van der Waals surface area contributed by atoms with Gasteiger partial charge < -0.3 is 24.2 Å². The van der Waals surface area contributed by atoms with E-state index < -0.39 is 11.9 Å². The van der Waals surface area contributed by atoms with Gasteiger partial charge in [0.15, 0.2) is 5.75 Å². The predicted octanol–water partition coefficient (Wildman–Crippen LogP) is 6.67. The number of hydrogen-bond acceptors (Lipinski definition) is 10. The van der Waals surface area contributed by atoms with Crippen LogP contribution in [0, 0.1) is 5.41 Å². The van der Waals surface area contributed by atoms with Crippen molar-refractivity contribution in [2.24, 2.45) is 5.41 Å². The first-order valence-corrected chi connectivity index (χ1v) is 20.1. The molecule has 2 N–H and O–H groups in total. The van der Waals surface area contributed by atoms with Crippen LogP contribution in [0.25, 0.3) is 20.5 Å². The number of rotatable bonds is 12. The molecule has 282 valence electrons. The minimum absolute atomic E-state index is 0.178. The van der Waals surface area contributed by atoms with Gasteiger partial charge in [-0.2, -0.15) is 0 Å². The Kier molecular flexibility index (Phi) is 9.49. The molecule has 0 saturated carbocycles. The minimum atomic E-state index is -0.620. The Morgan fingerprint density at radius 2 is 1.49 bits per heavy atom. The number of carbonyl (C=O) groups is 3. The number of carbonyl (C=O) groups excluding carboxylic acids is 3. The predicted molar refractivity (Wildman–Crippen MR) is 212 cm³/mol. The van der Waals surface area contributed by atoms with Gasteiger partial charge in [-0.15, -0.1) is 11.3 Å². The molecule has 0 unspecified atom stereocenters. The van der Waals surface area contributed by atoms with Crippen molar-refractivity contribution < 1.29 is 33.7 Å². The third-order valence-corrected chi connectivity index (χ3v) is 12.6. The third kappa shape index (κ3) is 7.29. The normalized spacial score (nSPS) is 19.3. The Hall–Kier alpha value is -4.95. The zero-order valence-electron chi connectivity index (χ0n) is 30.0. The van der Waals surface area contributed by atoms with E-state index in [-0.39, 0.29) is 24.0 Å². The summed E-state index contributed by atoms with van der Waals surface area (Å²) in [4.78, 5) is 44.3. The highest BCUT2D eigenvalue weighted by atomic mass is 79.9. The van der Waals surface area contributed by atoms with Crippen molar-refractivity contribution in [1.82, 2.24) is 20.0 Å². The van der Waals surface area contributed by atoms with Crippen molar-refractivity contribution in [1.29, 1.82) is 0 Å². The number of benzene rings is 4. The molecule has 5 heterocycles. The lowest BCUT2D eigenvalue weighted by atomic mass is 9.73. The van der Waals surface area contributed by atoms with Gasteiger partial charge >= 0.3 is 0 Å². The second-order valence-electron chi connectivity index (χ2n) is 14.9. The average molecular weight is 824 g/mol. The van der Waals surface area contributed by atoms with Crippen LogP contribution in [0.15, 0.2) is 89.4 Å². The third-order valence-electron chi connectivity index (χ3n) is 10.9. The maximum atomic E-state index is 13.0. The number of fused-ring (bicyclic) bond motifs is 2. The SMILES string of the molecule is O=C1CC[C@H](N2Cc3cc(OCCN4CC5(CN(CCOc6ccc(Oc7c(-c8ccc(Br)cc8)sc8cc(O)ccc78)cc6)C5)C4)ccc3C2=O)C(=O)N1. The maximum Gasteiger partial charge on any atom is 0.255 e. The standard InChI is InChI=1S/C42H39BrN4O7S/c43-28-3-1-26(2-4-28)39-38(34-11-5-29(48)20-36(34)55-39)54-31-8-6-30(7-9-31)52-17-15-45-22-42(23-45)24-46(25-42)16-18-53-32-10-12-33-27(19-32)21-47(41(33)51)35-13-14-37(49)44-40(35)50/h1-12,19-20,35,48H,13-18,21-25H2,(H,44,49,50)/t35-/m0/s1. The van der Waals surface area contributed by atoms with Crippen LogP contribution in [0.2, 0.25) is 0 Å². The van der Waals surface area contributed by atoms with Crippen LogP contribution in [0.5, 0.6) is 28.7 Å². The number of halogens is 1. The molecule has 0 aliphatic carbocycles. The highest BCUT2D eigenvalue weighted by Crippen LogP contribution is 2.47. The smallest absolute Gasteiger partial charge is 0.255 e. The largest absolute Gasteiger partial charge is 0.508 e. The molecular formula is C42H39BrN4O7S. The lowest BCUT2D eigenvalue weighted by Crippen LogP contribution is -2.72. The van der Waals surface area contributed by atoms with Gasteiger partial charge in [-0.05, 0) is 90.3 Å². The molecule has 11 nitrogen and oxygen atoms in total. The molecule has 3 amide bonds. The van der Waals surface area contributed by atoms with E-state index in [1.165, 1.54) is 0 Å². The van der Waals surface area contributed by atoms with Crippen LogP contribution < -0.4 is 19.5 Å². The number of thiophene rings is 1. The highest BCUT2D eigenvalue weighted by molar-refractivity contribution is 9.10. The maximum absolute atomic E-state index is 13.0. The molecule has 1 aromatic heterocycles. The molecule has 55 heavy (non-hydrogen) atoms. The fourth-order valence-corrected chi connectivity index (χ4v) is 9.66. The molecule has 0 bridgehead atoms. The first kappa shape index (κ1) is 35.7. The fraction of sp³-hybridized carbons (Fsp3) is 0.310. The van der Waals surface area contributed by atoms with Crippen LogP contribution in [0.4, 0.5) is 0 Å². The number of phenolic OH excluding ortho intramolecular Hbond substituents is 1. The molecule has 9 rings (SSSR count). The van der Waals surface area contributed by atoms with Crippen LogP contribution in [0.1, 0.15) is 28.8 Å². The van der Waals surface area contributed by atoms with Crippen molar-refractivity contribution in [2.75, 3.05) is 52.5 Å². The topological polar surface area (TPSA) is 121 Å². The molecule has 4 aromatic carbocycles. The molecule has 3 saturated heterocycles. The Morgan fingerprint density at radius 3 is 2.20 bits per heavy atom. The summed E-state index contributed by atoms with van der Waals surface area (Å²) in [6.07, 6.45) is 0.586. The Balaban J connectivity index is 0.699. The number of phenols is 1. The van der Waals surface area contributed by atoms with E-state index in [4.69, 9.17) is 14.2 Å². The van der Waals surface area contributed by atoms with Crippen LogP contribution in [0.3, 0.4) is 0 Å². The summed E-state index contributed by atoms with van der Waals surface area (Å²) < 4.78 is 20.6. The molecule has 1 atom stereocenters. The number of amides is 3. The average Bonchev–Trinajstić information content (AvgIpc) is 3.66. The van der Waals surface area contributed by atoms with Crippen LogP contribution >= 0.6 is 27.3 Å².